The van der Waals surface area contributed by atoms with Gasteiger partial charge in [-0.05, 0) is 24.8 Å². The molecular formula is C16H23N3O. The Labute approximate surface area is 120 Å². The van der Waals surface area contributed by atoms with E-state index in [9.17, 15) is 0 Å². The van der Waals surface area contributed by atoms with E-state index in [2.05, 4.69) is 23.3 Å². The van der Waals surface area contributed by atoms with E-state index >= 15 is 0 Å². The summed E-state index contributed by atoms with van der Waals surface area (Å²) in [6, 6.07) is 8.75. The molecule has 0 saturated heterocycles. The maximum absolute atomic E-state index is 6.06. The molecule has 0 spiro atoms. The van der Waals surface area contributed by atoms with Crippen molar-refractivity contribution in [2.75, 3.05) is 6.61 Å². The molecule has 0 amide bonds. The van der Waals surface area contributed by atoms with Crippen LogP contribution >= 0.6 is 0 Å². The van der Waals surface area contributed by atoms with Crippen molar-refractivity contribution in [2.24, 2.45) is 16.6 Å². The Morgan fingerprint density at radius 2 is 2.30 bits per heavy atom. The third kappa shape index (κ3) is 2.89. The van der Waals surface area contributed by atoms with Crippen LogP contribution in [-0.4, -0.2) is 18.6 Å². The van der Waals surface area contributed by atoms with Crippen LogP contribution in [0, 0.1) is 5.92 Å². The molecule has 2 aliphatic rings. The molecule has 0 radical (unpaired) electrons. The highest BCUT2D eigenvalue weighted by Gasteiger charge is 2.36. The lowest BCUT2D eigenvalue weighted by Crippen LogP contribution is -2.35. The zero-order valence-corrected chi connectivity index (χ0v) is 12.0. The first-order chi connectivity index (χ1) is 9.78. The van der Waals surface area contributed by atoms with Crippen LogP contribution in [-0.2, 0) is 0 Å². The number of rotatable bonds is 4. The van der Waals surface area contributed by atoms with Crippen LogP contribution in [0.2, 0.25) is 0 Å². The molecule has 0 aromatic heterocycles. The van der Waals surface area contributed by atoms with Gasteiger partial charge < -0.3 is 15.8 Å². The number of nitrogens with one attached hydrogen (secondary N) is 1. The van der Waals surface area contributed by atoms with Crippen LogP contribution in [0.4, 0.5) is 0 Å². The Morgan fingerprint density at radius 1 is 1.45 bits per heavy atom. The van der Waals surface area contributed by atoms with E-state index in [4.69, 9.17) is 10.5 Å². The highest BCUT2D eigenvalue weighted by molar-refractivity contribution is 5.79. The monoisotopic (exact) mass is 273 g/mol. The summed E-state index contributed by atoms with van der Waals surface area (Å²) in [7, 11) is 0. The summed E-state index contributed by atoms with van der Waals surface area (Å²) in [5.41, 5.74) is 7.20. The third-order valence-corrected chi connectivity index (χ3v) is 4.14. The molecule has 0 bridgehead atoms. The lowest BCUT2D eigenvalue weighted by Gasteiger charge is -2.23. The average Bonchev–Trinajstić information content (AvgIpc) is 3.17. The molecule has 1 aromatic carbocycles. The van der Waals surface area contributed by atoms with Crippen LogP contribution in [0.1, 0.15) is 44.2 Å². The normalized spacial score (nSPS) is 28.4. The molecule has 108 valence electrons. The Bertz CT molecular complexity index is 500. The van der Waals surface area contributed by atoms with E-state index < -0.39 is 0 Å². The summed E-state index contributed by atoms with van der Waals surface area (Å²) in [6.07, 6.45) is 4.65. The quantitative estimate of drug-likeness (QED) is 0.655. The number of guanidine groups is 1. The van der Waals surface area contributed by atoms with Gasteiger partial charge in [0.15, 0.2) is 5.96 Å². The van der Waals surface area contributed by atoms with Gasteiger partial charge >= 0.3 is 0 Å². The Morgan fingerprint density at radius 3 is 3.15 bits per heavy atom. The Kier molecular flexibility index (Phi) is 3.81. The van der Waals surface area contributed by atoms with Crippen molar-refractivity contribution in [3.8, 4) is 5.75 Å². The predicted octanol–water partition coefficient (Wildman–Crippen LogP) is 2.60. The van der Waals surface area contributed by atoms with Crippen molar-refractivity contribution in [1.29, 1.82) is 0 Å². The summed E-state index contributed by atoms with van der Waals surface area (Å²) in [4.78, 5) is 4.66. The van der Waals surface area contributed by atoms with Gasteiger partial charge in [0, 0.05) is 18.0 Å². The van der Waals surface area contributed by atoms with Crippen molar-refractivity contribution in [3.05, 3.63) is 29.8 Å². The number of nitrogens with zero attached hydrogens (tertiary/aromatic N) is 1. The van der Waals surface area contributed by atoms with Crippen molar-refractivity contribution in [3.63, 3.8) is 0 Å². The Hall–Kier alpha value is -1.71. The lowest BCUT2D eigenvalue weighted by molar-refractivity contribution is 0.269. The van der Waals surface area contributed by atoms with Crippen molar-refractivity contribution in [2.45, 2.75) is 44.7 Å². The number of ether oxygens (including phenoxy) is 1. The second-order valence-electron chi connectivity index (χ2n) is 5.74. The van der Waals surface area contributed by atoms with Crippen LogP contribution in [0.3, 0.4) is 0 Å². The number of benzene rings is 1. The minimum absolute atomic E-state index is 0.121. The third-order valence-electron chi connectivity index (χ3n) is 4.14. The molecule has 4 nitrogen and oxygen atoms in total. The van der Waals surface area contributed by atoms with Crippen LogP contribution < -0.4 is 15.8 Å². The van der Waals surface area contributed by atoms with Crippen molar-refractivity contribution < 1.29 is 4.74 Å². The largest absolute Gasteiger partial charge is 0.493 e. The second-order valence-corrected chi connectivity index (χ2v) is 5.74. The van der Waals surface area contributed by atoms with Gasteiger partial charge in [0.1, 0.15) is 5.75 Å². The molecule has 4 heteroatoms. The summed E-state index contributed by atoms with van der Waals surface area (Å²) in [5.74, 6) is 2.31. The molecule has 1 heterocycles. The minimum Gasteiger partial charge on any atom is -0.493 e. The highest BCUT2D eigenvalue weighted by atomic mass is 16.5. The van der Waals surface area contributed by atoms with Gasteiger partial charge in [-0.3, -0.25) is 0 Å². The van der Waals surface area contributed by atoms with Gasteiger partial charge in [0.05, 0.1) is 12.6 Å². The van der Waals surface area contributed by atoms with E-state index in [-0.39, 0.29) is 6.04 Å². The molecular weight excluding hydrogens is 250 g/mol. The van der Waals surface area contributed by atoms with Crippen LogP contribution in [0.25, 0.3) is 0 Å². The van der Waals surface area contributed by atoms with Gasteiger partial charge in [0.25, 0.3) is 0 Å². The predicted molar refractivity (Wildman–Crippen MR) is 80.9 cm³/mol. The van der Waals surface area contributed by atoms with E-state index in [1.165, 1.54) is 19.3 Å². The zero-order valence-electron chi connectivity index (χ0n) is 12.0. The molecule has 3 N–H and O–H groups in total. The van der Waals surface area contributed by atoms with E-state index in [1.54, 1.807) is 0 Å². The van der Waals surface area contributed by atoms with Crippen LogP contribution in [0.5, 0.6) is 5.75 Å². The standard InChI is InChI=1S/C16H23N3O/c1-2-5-11-10-14(11)19-16(17)18-13-8-9-20-15-7-4-3-6-12(13)15/h3-4,6-7,11,13-14H,2,5,8-10H2,1H3,(H3,17,18,19). The van der Waals surface area contributed by atoms with Gasteiger partial charge in [-0.2, -0.15) is 0 Å². The molecule has 1 fully saturated rings. The minimum atomic E-state index is 0.121. The summed E-state index contributed by atoms with van der Waals surface area (Å²) < 4.78 is 5.65. The molecule has 1 aliphatic carbocycles. The fraction of sp³-hybridized carbons (Fsp3) is 0.562. The van der Waals surface area contributed by atoms with E-state index in [0.717, 1.165) is 23.7 Å². The Balaban J connectivity index is 1.64. The van der Waals surface area contributed by atoms with Gasteiger partial charge in [-0.1, -0.05) is 31.5 Å². The lowest BCUT2D eigenvalue weighted by atomic mass is 10.0. The van der Waals surface area contributed by atoms with Crippen molar-refractivity contribution in [1.82, 2.24) is 5.32 Å². The molecule has 3 unspecified atom stereocenters. The first-order valence-corrected chi connectivity index (χ1v) is 7.59. The van der Waals surface area contributed by atoms with E-state index in [0.29, 0.717) is 18.6 Å². The molecule has 1 aliphatic heterocycles. The number of hydrogen-bond acceptors (Lipinski definition) is 2. The summed E-state index contributed by atoms with van der Waals surface area (Å²) >= 11 is 0. The maximum atomic E-state index is 6.06. The molecule has 1 saturated carbocycles. The number of nitrogens with two attached hydrogens (primary N) is 1. The maximum Gasteiger partial charge on any atom is 0.189 e. The topological polar surface area (TPSA) is 59.6 Å². The second kappa shape index (κ2) is 5.73. The first-order valence-electron chi connectivity index (χ1n) is 7.59. The fourth-order valence-corrected chi connectivity index (χ4v) is 2.97. The van der Waals surface area contributed by atoms with Gasteiger partial charge in [-0.25, -0.2) is 4.99 Å². The van der Waals surface area contributed by atoms with Gasteiger partial charge in [0.2, 0.25) is 0 Å². The number of fused-ring (bicyclic) bond motifs is 1. The van der Waals surface area contributed by atoms with Crippen molar-refractivity contribution >= 4 is 5.96 Å². The highest BCUT2D eigenvalue weighted by Crippen LogP contribution is 2.36. The summed E-state index contributed by atoms with van der Waals surface area (Å²) in [6.45, 7) is 2.94. The van der Waals surface area contributed by atoms with E-state index in [1.807, 2.05) is 18.2 Å². The van der Waals surface area contributed by atoms with Crippen LogP contribution in [0.15, 0.2) is 29.3 Å². The number of hydrogen-bond donors (Lipinski definition) is 2. The molecule has 1 aromatic rings. The molecule has 3 rings (SSSR count). The summed E-state index contributed by atoms with van der Waals surface area (Å²) in [5, 5.41) is 3.35. The number of aliphatic imine (C=N–C) groups is 1. The SMILES string of the molecule is CCCC1CC1NC(N)=NC1CCOc2ccccc21. The average molecular weight is 273 g/mol. The zero-order chi connectivity index (χ0) is 13.9. The molecule has 3 atom stereocenters. The number of para-hydroxylation sites is 1. The first kappa shape index (κ1) is 13.3. The smallest absolute Gasteiger partial charge is 0.189 e. The van der Waals surface area contributed by atoms with Gasteiger partial charge in [-0.15, -0.1) is 0 Å². The molecule has 20 heavy (non-hydrogen) atoms. The fourth-order valence-electron chi connectivity index (χ4n) is 2.97.